The maximum absolute atomic E-state index is 5.71. The van der Waals surface area contributed by atoms with Crippen LogP contribution in [0, 0.1) is 0 Å². The molecule has 0 aromatic rings. The standard InChI is InChI=1S/C13H29N3O/c1-5-17-12(10-14)11-15-6-8-16(9-7-15)13(2,3)4/h12H,5-11,14H2,1-4H3. The normalized spacial score (nSPS) is 21.7. The van der Waals surface area contributed by atoms with E-state index in [9.17, 15) is 0 Å². The van der Waals surface area contributed by atoms with E-state index in [4.69, 9.17) is 10.5 Å². The van der Waals surface area contributed by atoms with Crippen molar-refractivity contribution in [3.8, 4) is 0 Å². The second-order valence-electron chi connectivity index (χ2n) is 5.77. The molecule has 102 valence electrons. The number of ether oxygens (including phenoxy) is 1. The molecule has 1 unspecified atom stereocenters. The van der Waals surface area contributed by atoms with Crippen molar-refractivity contribution in [3.63, 3.8) is 0 Å². The van der Waals surface area contributed by atoms with Crippen molar-refractivity contribution in [2.45, 2.75) is 39.3 Å². The van der Waals surface area contributed by atoms with Crippen LogP contribution in [0.5, 0.6) is 0 Å². The third-order valence-electron chi connectivity index (χ3n) is 3.45. The molecule has 17 heavy (non-hydrogen) atoms. The molecular formula is C13H29N3O. The highest BCUT2D eigenvalue weighted by molar-refractivity contribution is 4.82. The second kappa shape index (κ2) is 6.69. The Morgan fingerprint density at radius 3 is 2.18 bits per heavy atom. The maximum Gasteiger partial charge on any atom is 0.0823 e. The topological polar surface area (TPSA) is 41.7 Å². The van der Waals surface area contributed by atoms with E-state index >= 15 is 0 Å². The summed E-state index contributed by atoms with van der Waals surface area (Å²) >= 11 is 0. The van der Waals surface area contributed by atoms with Gasteiger partial charge < -0.3 is 10.5 Å². The molecular weight excluding hydrogens is 214 g/mol. The van der Waals surface area contributed by atoms with Gasteiger partial charge >= 0.3 is 0 Å². The summed E-state index contributed by atoms with van der Waals surface area (Å²) in [4.78, 5) is 5.01. The van der Waals surface area contributed by atoms with Gasteiger partial charge in [-0.15, -0.1) is 0 Å². The van der Waals surface area contributed by atoms with Crippen LogP contribution < -0.4 is 5.73 Å². The van der Waals surface area contributed by atoms with Gasteiger partial charge in [-0.3, -0.25) is 9.80 Å². The predicted molar refractivity (Wildman–Crippen MR) is 72.2 cm³/mol. The summed E-state index contributed by atoms with van der Waals surface area (Å²) in [6, 6.07) is 0. The molecule has 0 aromatic carbocycles. The van der Waals surface area contributed by atoms with E-state index in [1.807, 2.05) is 6.92 Å². The average molecular weight is 243 g/mol. The van der Waals surface area contributed by atoms with Gasteiger partial charge in [-0.25, -0.2) is 0 Å². The molecule has 0 saturated carbocycles. The lowest BCUT2D eigenvalue weighted by atomic mass is 10.0. The molecule has 1 rings (SSSR count). The third kappa shape index (κ3) is 4.92. The Hall–Kier alpha value is -0.160. The van der Waals surface area contributed by atoms with Crippen LogP contribution in [0.3, 0.4) is 0 Å². The molecule has 1 atom stereocenters. The van der Waals surface area contributed by atoms with Gasteiger partial charge in [0.05, 0.1) is 6.10 Å². The van der Waals surface area contributed by atoms with Crippen LogP contribution in [0.1, 0.15) is 27.7 Å². The summed E-state index contributed by atoms with van der Waals surface area (Å²) in [6.45, 7) is 15.8. The van der Waals surface area contributed by atoms with Crippen LogP contribution in [0.2, 0.25) is 0 Å². The number of hydrogen-bond acceptors (Lipinski definition) is 4. The summed E-state index contributed by atoms with van der Waals surface area (Å²) in [5.41, 5.74) is 6.00. The summed E-state index contributed by atoms with van der Waals surface area (Å²) in [5.74, 6) is 0. The molecule has 0 amide bonds. The van der Waals surface area contributed by atoms with E-state index in [2.05, 4.69) is 30.6 Å². The number of nitrogens with two attached hydrogens (primary N) is 1. The molecule has 0 aliphatic carbocycles. The highest BCUT2D eigenvalue weighted by Gasteiger charge is 2.26. The lowest BCUT2D eigenvalue weighted by molar-refractivity contribution is 0.00954. The fourth-order valence-electron chi connectivity index (χ4n) is 2.32. The van der Waals surface area contributed by atoms with Crippen LogP contribution in [-0.4, -0.2) is 67.3 Å². The van der Waals surface area contributed by atoms with Crippen molar-refractivity contribution in [1.82, 2.24) is 9.80 Å². The van der Waals surface area contributed by atoms with E-state index in [1.165, 1.54) is 0 Å². The Morgan fingerprint density at radius 2 is 1.76 bits per heavy atom. The van der Waals surface area contributed by atoms with Gasteiger partial charge in [0.15, 0.2) is 0 Å². The van der Waals surface area contributed by atoms with Gasteiger partial charge in [0.2, 0.25) is 0 Å². The van der Waals surface area contributed by atoms with Crippen molar-refractivity contribution in [2.24, 2.45) is 5.73 Å². The maximum atomic E-state index is 5.71. The van der Waals surface area contributed by atoms with Crippen LogP contribution >= 0.6 is 0 Å². The first-order chi connectivity index (χ1) is 7.97. The van der Waals surface area contributed by atoms with Crippen LogP contribution in [0.25, 0.3) is 0 Å². The Bertz CT molecular complexity index is 207. The van der Waals surface area contributed by atoms with Gasteiger partial charge in [-0.2, -0.15) is 0 Å². The van der Waals surface area contributed by atoms with Gasteiger partial charge in [-0.1, -0.05) is 0 Å². The summed E-state index contributed by atoms with van der Waals surface area (Å²) < 4.78 is 5.61. The van der Waals surface area contributed by atoms with Crippen molar-refractivity contribution < 1.29 is 4.74 Å². The molecule has 1 saturated heterocycles. The highest BCUT2D eigenvalue weighted by Crippen LogP contribution is 2.15. The third-order valence-corrected chi connectivity index (χ3v) is 3.45. The van der Waals surface area contributed by atoms with Gasteiger partial charge in [0.1, 0.15) is 0 Å². The zero-order valence-corrected chi connectivity index (χ0v) is 11.9. The number of piperazine rings is 1. The molecule has 1 aliphatic rings. The number of rotatable bonds is 5. The highest BCUT2D eigenvalue weighted by atomic mass is 16.5. The average Bonchev–Trinajstić information content (AvgIpc) is 2.28. The zero-order chi connectivity index (χ0) is 12.9. The molecule has 4 nitrogen and oxygen atoms in total. The Balaban J connectivity index is 2.31. The molecule has 1 aliphatic heterocycles. The molecule has 0 spiro atoms. The number of hydrogen-bond donors (Lipinski definition) is 1. The molecule has 4 heteroatoms. The first kappa shape index (κ1) is 14.9. The Kier molecular flexibility index (Phi) is 5.86. The molecule has 0 bridgehead atoms. The van der Waals surface area contributed by atoms with Crippen LogP contribution in [0.15, 0.2) is 0 Å². The van der Waals surface area contributed by atoms with Crippen LogP contribution in [0.4, 0.5) is 0 Å². The van der Waals surface area contributed by atoms with Gasteiger partial charge in [-0.05, 0) is 27.7 Å². The second-order valence-corrected chi connectivity index (χ2v) is 5.77. The zero-order valence-electron chi connectivity index (χ0n) is 11.9. The Labute approximate surface area is 106 Å². The van der Waals surface area contributed by atoms with Gasteiger partial charge in [0, 0.05) is 51.4 Å². The van der Waals surface area contributed by atoms with E-state index in [0.717, 1.165) is 39.3 Å². The minimum Gasteiger partial charge on any atom is -0.376 e. The van der Waals surface area contributed by atoms with E-state index < -0.39 is 0 Å². The lowest BCUT2D eigenvalue weighted by Gasteiger charge is -2.42. The van der Waals surface area contributed by atoms with E-state index in [0.29, 0.717) is 12.1 Å². The van der Waals surface area contributed by atoms with Crippen molar-refractivity contribution in [1.29, 1.82) is 0 Å². The smallest absolute Gasteiger partial charge is 0.0823 e. The molecule has 2 N–H and O–H groups in total. The van der Waals surface area contributed by atoms with E-state index in [1.54, 1.807) is 0 Å². The summed E-state index contributed by atoms with van der Waals surface area (Å²) in [7, 11) is 0. The molecule has 0 radical (unpaired) electrons. The quantitative estimate of drug-likeness (QED) is 0.774. The van der Waals surface area contributed by atoms with Gasteiger partial charge in [0.25, 0.3) is 0 Å². The molecule has 1 fully saturated rings. The molecule has 1 heterocycles. The van der Waals surface area contributed by atoms with Crippen molar-refractivity contribution in [3.05, 3.63) is 0 Å². The fraction of sp³-hybridized carbons (Fsp3) is 1.00. The first-order valence-electron chi connectivity index (χ1n) is 6.76. The monoisotopic (exact) mass is 243 g/mol. The van der Waals surface area contributed by atoms with Crippen molar-refractivity contribution >= 4 is 0 Å². The lowest BCUT2D eigenvalue weighted by Crippen LogP contribution is -2.55. The van der Waals surface area contributed by atoms with Crippen molar-refractivity contribution in [2.75, 3.05) is 45.9 Å². The SMILES string of the molecule is CCOC(CN)CN1CCN(C(C)(C)C)CC1. The van der Waals surface area contributed by atoms with Crippen LogP contribution in [-0.2, 0) is 4.74 Å². The summed E-state index contributed by atoms with van der Waals surface area (Å²) in [6.07, 6.45) is 0.196. The largest absolute Gasteiger partial charge is 0.376 e. The fourth-order valence-corrected chi connectivity index (χ4v) is 2.32. The molecule has 0 aromatic heterocycles. The number of nitrogens with zero attached hydrogens (tertiary/aromatic N) is 2. The minimum atomic E-state index is 0.196. The van der Waals surface area contributed by atoms with E-state index in [-0.39, 0.29) is 6.10 Å². The minimum absolute atomic E-state index is 0.196. The predicted octanol–water partition coefficient (Wildman–Crippen LogP) is 0.766. The summed E-state index contributed by atoms with van der Waals surface area (Å²) in [5, 5.41) is 0. The Morgan fingerprint density at radius 1 is 1.18 bits per heavy atom. The first-order valence-corrected chi connectivity index (χ1v) is 6.76.